The van der Waals surface area contributed by atoms with Gasteiger partial charge in [0.1, 0.15) is 11.3 Å². The smallest absolute Gasteiger partial charge is 0.336 e. The minimum Gasteiger partial charge on any atom is -0.484 e. The lowest BCUT2D eigenvalue weighted by Gasteiger charge is -2.08. The summed E-state index contributed by atoms with van der Waals surface area (Å²) in [6.45, 7) is -0.254. The molecule has 3 rings (SSSR count). The number of nitrogens with one attached hydrogen (secondary N) is 1. The van der Waals surface area contributed by atoms with Crippen LogP contribution in [-0.4, -0.2) is 18.3 Å². The van der Waals surface area contributed by atoms with Gasteiger partial charge in [-0.3, -0.25) is 4.79 Å². The van der Waals surface area contributed by atoms with Gasteiger partial charge in [-0.25, -0.2) is 4.79 Å². The van der Waals surface area contributed by atoms with Crippen molar-refractivity contribution in [2.75, 3.05) is 11.9 Å². The Balaban J connectivity index is 1.57. The Morgan fingerprint density at radius 1 is 1.12 bits per heavy atom. The number of carbonyl (C=O) groups excluding carboxylic acids is 1. The van der Waals surface area contributed by atoms with Crippen LogP contribution in [0.5, 0.6) is 5.75 Å². The Morgan fingerprint density at radius 2 is 1.85 bits per heavy atom. The zero-order valence-corrected chi connectivity index (χ0v) is 14.1. The van der Waals surface area contributed by atoms with Gasteiger partial charge in [0.15, 0.2) is 6.61 Å². The van der Waals surface area contributed by atoms with Crippen LogP contribution < -0.4 is 15.7 Å². The van der Waals surface area contributed by atoms with Crippen molar-refractivity contribution in [3.05, 3.63) is 65.0 Å². The van der Waals surface area contributed by atoms with Gasteiger partial charge < -0.3 is 14.5 Å². The van der Waals surface area contributed by atoms with Gasteiger partial charge in [-0.15, -0.1) is 0 Å². The van der Waals surface area contributed by atoms with Crippen LogP contribution in [0.3, 0.4) is 0 Å². The van der Waals surface area contributed by atoms with E-state index in [1.165, 1.54) is 36.4 Å². The maximum absolute atomic E-state index is 12.3. The van der Waals surface area contributed by atoms with Crippen LogP contribution in [0.1, 0.15) is 0 Å². The van der Waals surface area contributed by atoms with E-state index in [9.17, 15) is 18.4 Å². The largest absolute Gasteiger partial charge is 0.484 e. The molecule has 0 unspecified atom stereocenters. The number of hydrogen-bond acceptors (Lipinski definition) is 5. The zero-order valence-electron chi connectivity index (χ0n) is 13.3. The summed E-state index contributed by atoms with van der Waals surface area (Å²) in [6, 6.07) is 13.9. The average molecular weight is 377 g/mol. The van der Waals surface area contributed by atoms with E-state index in [4.69, 9.17) is 9.15 Å². The summed E-state index contributed by atoms with van der Waals surface area (Å²) >= 11 is 0.434. The van der Waals surface area contributed by atoms with E-state index in [1.807, 2.05) is 0 Å². The maximum Gasteiger partial charge on any atom is 0.336 e. The third-order valence-electron chi connectivity index (χ3n) is 3.33. The Bertz CT molecular complexity index is 973. The highest BCUT2D eigenvalue weighted by atomic mass is 32.2. The fourth-order valence-electron chi connectivity index (χ4n) is 2.20. The van der Waals surface area contributed by atoms with E-state index in [1.54, 1.807) is 18.2 Å². The molecular weight excluding hydrogens is 364 g/mol. The molecule has 1 heterocycles. The summed E-state index contributed by atoms with van der Waals surface area (Å²) in [6.07, 6.45) is 0. The van der Waals surface area contributed by atoms with Crippen molar-refractivity contribution >= 4 is 34.3 Å². The highest BCUT2D eigenvalue weighted by Crippen LogP contribution is 2.26. The molecule has 3 aromatic rings. The van der Waals surface area contributed by atoms with Crippen LogP contribution in [0.4, 0.5) is 14.5 Å². The van der Waals surface area contributed by atoms with Crippen molar-refractivity contribution in [1.29, 1.82) is 0 Å². The lowest BCUT2D eigenvalue weighted by molar-refractivity contribution is -0.118. The Hall–Kier alpha value is -2.87. The van der Waals surface area contributed by atoms with Crippen molar-refractivity contribution in [2.24, 2.45) is 0 Å². The molecule has 1 aromatic heterocycles. The molecule has 26 heavy (non-hydrogen) atoms. The molecule has 0 bridgehead atoms. The number of alkyl halides is 2. The molecule has 1 N–H and O–H groups in total. The lowest BCUT2D eigenvalue weighted by atomic mass is 10.2. The minimum atomic E-state index is -2.49. The van der Waals surface area contributed by atoms with Crippen molar-refractivity contribution in [3.63, 3.8) is 0 Å². The number of benzene rings is 2. The first-order chi connectivity index (χ1) is 12.5. The van der Waals surface area contributed by atoms with E-state index >= 15 is 0 Å². The van der Waals surface area contributed by atoms with E-state index in [-0.39, 0.29) is 6.61 Å². The lowest BCUT2D eigenvalue weighted by Crippen LogP contribution is -2.20. The highest BCUT2D eigenvalue weighted by molar-refractivity contribution is 7.99. The second-order valence-corrected chi connectivity index (χ2v) is 6.26. The molecule has 0 atom stereocenters. The van der Waals surface area contributed by atoms with Gasteiger partial charge in [0.25, 0.3) is 11.7 Å². The van der Waals surface area contributed by atoms with Gasteiger partial charge in [0.05, 0.1) is 0 Å². The first kappa shape index (κ1) is 17.9. The number of halogens is 2. The monoisotopic (exact) mass is 377 g/mol. The van der Waals surface area contributed by atoms with Gasteiger partial charge >= 0.3 is 5.63 Å². The molecule has 0 aliphatic carbocycles. The van der Waals surface area contributed by atoms with Crippen LogP contribution in [-0.2, 0) is 4.79 Å². The van der Waals surface area contributed by atoms with Crippen molar-refractivity contribution in [1.82, 2.24) is 0 Å². The third-order valence-corrected chi connectivity index (χ3v) is 4.05. The summed E-state index contributed by atoms with van der Waals surface area (Å²) in [5.74, 6) is -2.52. The molecule has 0 radical (unpaired) electrons. The predicted octanol–water partition coefficient (Wildman–Crippen LogP) is 4.13. The normalized spacial score (nSPS) is 10.9. The molecule has 0 saturated heterocycles. The fourth-order valence-corrected chi connectivity index (χ4v) is 2.70. The topological polar surface area (TPSA) is 68.5 Å². The Morgan fingerprint density at radius 3 is 2.58 bits per heavy atom. The molecule has 1 amide bonds. The number of anilines is 1. The third kappa shape index (κ3) is 4.82. The molecule has 0 aliphatic rings. The standard InChI is InChI=1S/C18H13F2NO4S/c19-18(20)26-14-6-3-12(4-7-14)21-16(22)10-24-13-5-1-11-2-8-17(23)25-15(11)9-13/h1-9,18H,10H2,(H,21,22). The zero-order chi connectivity index (χ0) is 18.5. The first-order valence-corrected chi connectivity index (χ1v) is 8.39. The molecule has 0 spiro atoms. The summed E-state index contributed by atoms with van der Waals surface area (Å²) in [5.41, 5.74) is 0.366. The van der Waals surface area contributed by atoms with Crippen molar-refractivity contribution in [2.45, 2.75) is 10.7 Å². The number of amides is 1. The predicted molar refractivity (Wildman–Crippen MR) is 94.9 cm³/mol. The van der Waals surface area contributed by atoms with E-state index < -0.39 is 17.3 Å². The number of fused-ring (bicyclic) bond motifs is 1. The second-order valence-electron chi connectivity index (χ2n) is 5.19. The van der Waals surface area contributed by atoms with Crippen LogP contribution in [0.25, 0.3) is 11.0 Å². The van der Waals surface area contributed by atoms with Crippen LogP contribution in [0.15, 0.2) is 68.7 Å². The highest BCUT2D eigenvalue weighted by Gasteiger charge is 2.07. The average Bonchev–Trinajstić information content (AvgIpc) is 2.61. The van der Waals surface area contributed by atoms with Crippen LogP contribution in [0, 0.1) is 0 Å². The molecule has 0 saturated carbocycles. The van der Waals surface area contributed by atoms with Crippen LogP contribution in [0.2, 0.25) is 0 Å². The summed E-state index contributed by atoms with van der Waals surface area (Å²) < 4.78 is 35.0. The Labute approximate surface area is 151 Å². The van der Waals surface area contributed by atoms with E-state index in [0.717, 1.165) is 5.39 Å². The van der Waals surface area contributed by atoms with Gasteiger partial charge in [0, 0.05) is 28.1 Å². The van der Waals surface area contributed by atoms with E-state index in [2.05, 4.69) is 5.32 Å². The number of carbonyl (C=O) groups is 1. The quantitative estimate of drug-likeness (QED) is 0.517. The molecule has 8 heteroatoms. The van der Waals surface area contributed by atoms with Crippen molar-refractivity contribution in [3.8, 4) is 5.75 Å². The molecule has 134 valence electrons. The SMILES string of the molecule is O=C(COc1ccc2ccc(=O)oc2c1)Nc1ccc(SC(F)F)cc1. The first-order valence-electron chi connectivity index (χ1n) is 7.51. The number of thioether (sulfide) groups is 1. The minimum absolute atomic E-state index is 0.254. The molecular formula is C18H13F2NO4S. The molecule has 5 nitrogen and oxygen atoms in total. The number of hydrogen-bond donors (Lipinski definition) is 1. The van der Waals surface area contributed by atoms with Gasteiger partial charge in [0.2, 0.25) is 0 Å². The summed E-state index contributed by atoms with van der Waals surface area (Å²) in [7, 11) is 0. The molecule has 0 aliphatic heterocycles. The van der Waals surface area contributed by atoms with Crippen LogP contribution >= 0.6 is 11.8 Å². The van der Waals surface area contributed by atoms with Gasteiger partial charge in [-0.1, -0.05) is 11.8 Å². The second kappa shape index (κ2) is 8.01. The van der Waals surface area contributed by atoms with Gasteiger partial charge in [-0.2, -0.15) is 8.78 Å². The maximum atomic E-state index is 12.3. The summed E-state index contributed by atoms with van der Waals surface area (Å²) in [5, 5.41) is 3.34. The molecule has 0 fully saturated rings. The fraction of sp³-hybridized carbons (Fsp3) is 0.111. The molecule has 2 aromatic carbocycles. The van der Waals surface area contributed by atoms with E-state index in [0.29, 0.717) is 33.7 Å². The van der Waals surface area contributed by atoms with Crippen molar-refractivity contribution < 1.29 is 22.7 Å². The Kier molecular flexibility index (Phi) is 5.52. The van der Waals surface area contributed by atoms with Gasteiger partial charge in [-0.05, 0) is 42.5 Å². The number of rotatable bonds is 6. The number of ether oxygens (including phenoxy) is 1. The summed E-state index contributed by atoms with van der Waals surface area (Å²) in [4.78, 5) is 23.6.